The largest absolute Gasteiger partial charge is 0.497 e. The van der Waals surface area contributed by atoms with Crippen molar-refractivity contribution >= 4 is 27.2 Å². The fourth-order valence-electron chi connectivity index (χ4n) is 2.21. The summed E-state index contributed by atoms with van der Waals surface area (Å²) in [5.74, 6) is 0.892. The van der Waals surface area contributed by atoms with Crippen LogP contribution in [-0.4, -0.2) is 18.6 Å². The summed E-state index contributed by atoms with van der Waals surface area (Å²) in [6.07, 6.45) is 2.08. The van der Waals surface area contributed by atoms with Gasteiger partial charge in [-0.25, -0.2) is 4.98 Å². The number of ether oxygens (including phenoxy) is 1. The van der Waals surface area contributed by atoms with Crippen LogP contribution < -0.4 is 10.1 Å². The first-order valence-electron chi connectivity index (χ1n) is 7.07. The molecule has 2 aromatic carbocycles. The molecule has 0 bridgehead atoms. The zero-order valence-electron chi connectivity index (χ0n) is 12.0. The molecule has 3 nitrogen and oxygen atoms in total. The number of hydrogen-bond acceptors (Lipinski definition) is 4. The summed E-state index contributed by atoms with van der Waals surface area (Å²) in [4.78, 5) is 4.67. The van der Waals surface area contributed by atoms with Gasteiger partial charge in [-0.05, 0) is 36.8 Å². The second kappa shape index (κ2) is 6.59. The highest BCUT2D eigenvalue weighted by molar-refractivity contribution is 7.18. The van der Waals surface area contributed by atoms with Gasteiger partial charge in [0.15, 0.2) is 0 Å². The topological polar surface area (TPSA) is 34.1 Å². The van der Waals surface area contributed by atoms with Crippen molar-refractivity contribution in [3.8, 4) is 5.75 Å². The van der Waals surface area contributed by atoms with Crippen LogP contribution in [0.4, 0.5) is 5.69 Å². The number of anilines is 1. The van der Waals surface area contributed by atoms with Gasteiger partial charge in [0.05, 0.1) is 22.3 Å². The molecule has 0 saturated carbocycles. The number of fused-ring (bicyclic) bond motifs is 1. The fourth-order valence-corrected chi connectivity index (χ4v) is 3.25. The molecule has 0 fully saturated rings. The van der Waals surface area contributed by atoms with E-state index in [9.17, 15) is 0 Å². The summed E-state index contributed by atoms with van der Waals surface area (Å²) in [5, 5.41) is 4.61. The summed E-state index contributed by atoms with van der Waals surface area (Å²) in [6, 6.07) is 16.3. The highest BCUT2D eigenvalue weighted by atomic mass is 32.1. The highest BCUT2D eigenvalue weighted by Gasteiger charge is 2.04. The summed E-state index contributed by atoms with van der Waals surface area (Å²) in [6.45, 7) is 0.962. The Morgan fingerprint density at radius 3 is 2.81 bits per heavy atom. The Kier molecular flexibility index (Phi) is 4.36. The van der Waals surface area contributed by atoms with E-state index >= 15 is 0 Å². The van der Waals surface area contributed by atoms with Gasteiger partial charge in [0.25, 0.3) is 0 Å². The Morgan fingerprint density at radius 2 is 2.00 bits per heavy atom. The summed E-state index contributed by atoms with van der Waals surface area (Å²) >= 11 is 1.75. The predicted octanol–water partition coefficient (Wildman–Crippen LogP) is 4.35. The van der Waals surface area contributed by atoms with Gasteiger partial charge in [-0.2, -0.15) is 0 Å². The number of para-hydroxylation sites is 1. The number of rotatable bonds is 6. The molecule has 0 aliphatic rings. The van der Waals surface area contributed by atoms with Crippen molar-refractivity contribution in [1.29, 1.82) is 0 Å². The molecule has 0 aliphatic carbocycles. The standard InChI is InChI=1S/C17H18N2OS/c1-20-14-9-10-15-16(12-14)21-17(19-15)8-5-11-18-13-6-3-2-4-7-13/h2-4,6-7,9-10,12,18H,5,8,11H2,1H3. The highest BCUT2D eigenvalue weighted by Crippen LogP contribution is 2.26. The first-order chi connectivity index (χ1) is 10.3. The lowest BCUT2D eigenvalue weighted by molar-refractivity contribution is 0.415. The molecule has 0 amide bonds. The van der Waals surface area contributed by atoms with E-state index in [1.54, 1.807) is 18.4 Å². The van der Waals surface area contributed by atoms with Crippen LogP contribution in [0.5, 0.6) is 5.75 Å². The average Bonchev–Trinajstić information content (AvgIpc) is 2.94. The minimum atomic E-state index is 0.892. The van der Waals surface area contributed by atoms with E-state index < -0.39 is 0 Å². The molecule has 0 atom stereocenters. The van der Waals surface area contributed by atoms with Crippen molar-refractivity contribution in [2.45, 2.75) is 12.8 Å². The van der Waals surface area contributed by atoms with Crippen molar-refractivity contribution in [2.75, 3.05) is 19.0 Å². The van der Waals surface area contributed by atoms with Crippen molar-refractivity contribution in [1.82, 2.24) is 4.98 Å². The number of methoxy groups -OCH3 is 1. The number of aryl methyl sites for hydroxylation is 1. The van der Waals surface area contributed by atoms with Gasteiger partial charge in [-0.1, -0.05) is 18.2 Å². The normalized spacial score (nSPS) is 10.7. The fraction of sp³-hybridized carbons (Fsp3) is 0.235. The zero-order valence-corrected chi connectivity index (χ0v) is 12.8. The van der Waals surface area contributed by atoms with Crippen molar-refractivity contribution < 1.29 is 4.74 Å². The number of nitrogens with zero attached hydrogens (tertiary/aromatic N) is 1. The van der Waals surface area contributed by atoms with Crippen LogP contribution in [-0.2, 0) is 6.42 Å². The van der Waals surface area contributed by atoms with E-state index in [2.05, 4.69) is 28.5 Å². The first kappa shape index (κ1) is 13.9. The number of aromatic nitrogens is 1. The molecule has 0 radical (unpaired) electrons. The van der Waals surface area contributed by atoms with Crippen molar-refractivity contribution in [2.24, 2.45) is 0 Å². The Hall–Kier alpha value is -2.07. The van der Waals surface area contributed by atoms with Gasteiger partial charge in [-0.3, -0.25) is 0 Å². The molecule has 0 unspecified atom stereocenters. The lowest BCUT2D eigenvalue weighted by Crippen LogP contribution is -2.02. The average molecular weight is 298 g/mol. The second-order valence-corrected chi connectivity index (χ2v) is 5.95. The Balaban J connectivity index is 1.55. The molecule has 3 aromatic rings. The maximum absolute atomic E-state index is 5.25. The van der Waals surface area contributed by atoms with Crippen LogP contribution >= 0.6 is 11.3 Å². The van der Waals surface area contributed by atoms with Gasteiger partial charge in [0.2, 0.25) is 0 Å². The molecular formula is C17H18N2OS. The Bertz CT molecular complexity index is 709. The van der Waals surface area contributed by atoms with Crippen LogP contribution in [0.15, 0.2) is 48.5 Å². The van der Waals surface area contributed by atoms with Crippen molar-refractivity contribution in [3.63, 3.8) is 0 Å². The van der Waals surface area contributed by atoms with E-state index in [0.29, 0.717) is 0 Å². The van der Waals surface area contributed by atoms with Crippen LogP contribution in [0.3, 0.4) is 0 Å². The molecule has 1 heterocycles. The monoisotopic (exact) mass is 298 g/mol. The SMILES string of the molecule is COc1ccc2nc(CCCNc3ccccc3)sc2c1. The second-order valence-electron chi connectivity index (χ2n) is 4.84. The molecule has 21 heavy (non-hydrogen) atoms. The minimum Gasteiger partial charge on any atom is -0.497 e. The third-order valence-corrected chi connectivity index (χ3v) is 4.39. The van der Waals surface area contributed by atoms with E-state index in [0.717, 1.165) is 30.7 Å². The smallest absolute Gasteiger partial charge is 0.120 e. The van der Waals surface area contributed by atoms with E-state index in [4.69, 9.17) is 4.74 Å². The van der Waals surface area contributed by atoms with Crippen LogP contribution in [0.1, 0.15) is 11.4 Å². The van der Waals surface area contributed by atoms with Crippen LogP contribution in [0.25, 0.3) is 10.2 Å². The zero-order chi connectivity index (χ0) is 14.5. The Morgan fingerprint density at radius 1 is 1.14 bits per heavy atom. The van der Waals surface area contributed by atoms with Gasteiger partial charge in [-0.15, -0.1) is 11.3 Å². The number of nitrogens with one attached hydrogen (secondary N) is 1. The quantitative estimate of drug-likeness (QED) is 0.687. The third kappa shape index (κ3) is 3.52. The number of thiazole rings is 1. The van der Waals surface area contributed by atoms with Crippen molar-refractivity contribution in [3.05, 3.63) is 53.5 Å². The lowest BCUT2D eigenvalue weighted by Gasteiger charge is -2.04. The van der Waals surface area contributed by atoms with Gasteiger partial charge >= 0.3 is 0 Å². The van der Waals surface area contributed by atoms with E-state index in [-0.39, 0.29) is 0 Å². The molecule has 1 N–H and O–H groups in total. The van der Waals surface area contributed by atoms with Gasteiger partial charge in [0, 0.05) is 18.7 Å². The first-order valence-corrected chi connectivity index (χ1v) is 7.89. The maximum Gasteiger partial charge on any atom is 0.120 e. The number of benzene rings is 2. The summed E-state index contributed by atoms with van der Waals surface area (Å²) in [7, 11) is 1.69. The Labute approximate surface area is 128 Å². The maximum atomic E-state index is 5.25. The summed E-state index contributed by atoms with van der Waals surface area (Å²) in [5.41, 5.74) is 2.23. The molecular weight excluding hydrogens is 280 g/mol. The molecule has 4 heteroatoms. The number of hydrogen-bond donors (Lipinski definition) is 1. The van der Waals surface area contributed by atoms with Crippen LogP contribution in [0.2, 0.25) is 0 Å². The lowest BCUT2D eigenvalue weighted by atomic mass is 10.3. The molecule has 1 aromatic heterocycles. The summed E-state index contributed by atoms with van der Waals surface area (Å²) < 4.78 is 6.44. The predicted molar refractivity (Wildman–Crippen MR) is 89.4 cm³/mol. The van der Waals surface area contributed by atoms with Gasteiger partial charge in [0.1, 0.15) is 5.75 Å². The third-order valence-electron chi connectivity index (χ3n) is 3.31. The molecule has 0 saturated heterocycles. The van der Waals surface area contributed by atoms with Gasteiger partial charge < -0.3 is 10.1 Å². The van der Waals surface area contributed by atoms with E-state index in [1.165, 1.54) is 15.4 Å². The van der Waals surface area contributed by atoms with Crippen LogP contribution in [0, 0.1) is 0 Å². The minimum absolute atomic E-state index is 0.892. The molecule has 108 valence electrons. The van der Waals surface area contributed by atoms with E-state index in [1.807, 2.05) is 30.3 Å². The molecule has 0 spiro atoms. The molecule has 0 aliphatic heterocycles. The molecule has 3 rings (SSSR count).